The highest BCUT2D eigenvalue weighted by atomic mass is 32.2. The van der Waals surface area contributed by atoms with Crippen molar-refractivity contribution in [2.45, 2.75) is 51.5 Å². The molecule has 1 aromatic rings. The van der Waals surface area contributed by atoms with Crippen molar-refractivity contribution in [2.24, 2.45) is 0 Å². The average molecular weight is 382 g/mol. The Balaban J connectivity index is 2.17. The van der Waals surface area contributed by atoms with E-state index in [4.69, 9.17) is 0 Å². The van der Waals surface area contributed by atoms with E-state index in [1.54, 1.807) is 19.1 Å². The van der Waals surface area contributed by atoms with Gasteiger partial charge in [-0.2, -0.15) is 4.31 Å². The van der Waals surface area contributed by atoms with Crippen molar-refractivity contribution in [1.82, 2.24) is 14.5 Å². The molecule has 0 atom stereocenters. The molecule has 1 fully saturated rings. The number of sulfonamides is 1. The Morgan fingerprint density at radius 1 is 1.19 bits per heavy atom. The molecule has 0 aromatic heterocycles. The lowest BCUT2D eigenvalue weighted by atomic mass is 10.0. The fourth-order valence-electron chi connectivity index (χ4n) is 3.38. The van der Waals surface area contributed by atoms with Crippen LogP contribution in [0, 0.1) is 6.92 Å². The fourth-order valence-corrected chi connectivity index (χ4v) is 5.09. The summed E-state index contributed by atoms with van der Waals surface area (Å²) in [6, 6.07) is 5.08. The number of nitrogens with one attached hydrogen (secondary N) is 1. The van der Waals surface area contributed by atoms with Gasteiger partial charge in [0.25, 0.3) is 5.91 Å². The van der Waals surface area contributed by atoms with Gasteiger partial charge in [-0.05, 0) is 44.0 Å². The monoisotopic (exact) mass is 381 g/mol. The number of amides is 1. The van der Waals surface area contributed by atoms with Crippen LogP contribution in [-0.4, -0.2) is 62.3 Å². The predicted octanol–water partition coefficient (Wildman–Crippen LogP) is 2.24. The zero-order chi connectivity index (χ0) is 19.3. The van der Waals surface area contributed by atoms with Gasteiger partial charge in [0.15, 0.2) is 0 Å². The molecule has 6 nitrogen and oxygen atoms in total. The minimum Gasteiger partial charge on any atom is -0.349 e. The molecule has 0 saturated carbocycles. The highest BCUT2D eigenvalue weighted by Gasteiger charge is 2.25. The van der Waals surface area contributed by atoms with Crippen LogP contribution in [0.1, 0.15) is 49.5 Å². The van der Waals surface area contributed by atoms with E-state index in [2.05, 4.69) is 17.1 Å². The molecular weight excluding hydrogens is 350 g/mol. The van der Waals surface area contributed by atoms with Crippen LogP contribution in [0.2, 0.25) is 0 Å². The Labute approximate surface area is 157 Å². The van der Waals surface area contributed by atoms with E-state index in [1.165, 1.54) is 10.4 Å². The van der Waals surface area contributed by atoms with Crippen molar-refractivity contribution in [3.8, 4) is 0 Å². The second-order valence-electron chi connectivity index (χ2n) is 6.75. The highest BCUT2D eigenvalue weighted by Crippen LogP contribution is 2.22. The minimum atomic E-state index is -3.58. The number of rotatable bonds is 7. The fraction of sp³-hybridized carbons (Fsp3) is 0.632. The van der Waals surface area contributed by atoms with E-state index >= 15 is 0 Å². The topological polar surface area (TPSA) is 69.7 Å². The molecule has 1 aromatic carbocycles. The molecule has 0 aliphatic carbocycles. The molecule has 0 unspecified atom stereocenters. The number of piperidine rings is 1. The van der Waals surface area contributed by atoms with Gasteiger partial charge < -0.3 is 10.2 Å². The van der Waals surface area contributed by atoms with Gasteiger partial charge in [0.1, 0.15) is 0 Å². The summed E-state index contributed by atoms with van der Waals surface area (Å²) < 4.78 is 27.1. The SMILES string of the molecule is CCN1CCC(NC(=O)c2ccc(C)c(S(=O)(=O)N(CC)CC)c2)CC1. The molecule has 2 rings (SSSR count). The van der Waals surface area contributed by atoms with E-state index in [-0.39, 0.29) is 16.8 Å². The van der Waals surface area contributed by atoms with Gasteiger partial charge in [-0.3, -0.25) is 4.79 Å². The largest absolute Gasteiger partial charge is 0.349 e. The summed E-state index contributed by atoms with van der Waals surface area (Å²) in [5, 5.41) is 3.06. The first-order chi connectivity index (χ1) is 12.3. The lowest BCUT2D eigenvalue weighted by Gasteiger charge is -2.31. The van der Waals surface area contributed by atoms with Gasteiger partial charge in [0, 0.05) is 37.8 Å². The van der Waals surface area contributed by atoms with Crippen molar-refractivity contribution in [2.75, 3.05) is 32.7 Å². The predicted molar refractivity (Wildman–Crippen MR) is 104 cm³/mol. The number of aryl methyl sites for hydroxylation is 1. The van der Waals surface area contributed by atoms with Crippen LogP contribution in [0.3, 0.4) is 0 Å². The lowest BCUT2D eigenvalue weighted by Crippen LogP contribution is -2.44. The molecule has 1 saturated heterocycles. The number of carbonyl (C=O) groups excluding carboxylic acids is 1. The summed E-state index contributed by atoms with van der Waals surface area (Å²) in [4.78, 5) is 15.2. The third kappa shape index (κ3) is 4.64. The molecule has 1 heterocycles. The first-order valence-corrected chi connectivity index (χ1v) is 10.9. The van der Waals surface area contributed by atoms with E-state index in [1.807, 2.05) is 13.8 Å². The third-order valence-electron chi connectivity index (χ3n) is 5.14. The average Bonchev–Trinajstić information content (AvgIpc) is 2.63. The van der Waals surface area contributed by atoms with E-state index in [9.17, 15) is 13.2 Å². The zero-order valence-electron chi connectivity index (χ0n) is 16.3. The van der Waals surface area contributed by atoms with Crippen LogP contribution in [-0.2, 0) is 10.0 Å². The van der Waals surface area contributed by atoms with E-state index in [0.29, 0.717) is 24.2 Å². The number of carbonyl (C=O) groups is 1. The van der Waals surface area contributed by atoms with Crippen LogP contribution >= 0.6 is 0 Å². The molecule has 0 bridgehead atoms. The van der Waals surface area contributed by atoms with Crippen LogP contribution in [0.4, 0.5) is 0 Å². The van der Waals surface area contributed by atoms with E-state index in [0.717, 1.165) is 32.5 Å². The summed E-state index contributed by atoms with van der Waals surface area (Å²) in [7, 11) is -3.58. The Kier molecular flexibility index (Phi) is 7.20. The third-order valence-corrected chi connectivity index (χ3v) is 7.34. The highest BCUT2D eigenvalue weighted by molar-refractivity contribution is 7.89. The number of hydrogen-bond acceptors (Lipinski definition) is 4. The molecule has 26 heavy (non-hydrogen) atoms. The molecular formula is C19H31N3O3S. The number of hydrogen-bond donors (Lipinski definition) is 1. The second-order valence-corrected chi connectivity index (χ2v) is 8.66. The van der Waals surface area contributed by atoms with Crippen LogP contribution in [0.15, 0.2) is 23.1 Å². The second kappa shape index (κ2) is 8.97. The van der Waals surface area contributed by atoms with Crippen LogP contribution in [0.25, 0.3) is 0 Å². The Bertz CT molecular complexity index is 722. The molecule has 0 radical (unpaired) electrons. The van der Waals surface area contributed by atoms with Crippen molar-refractivity contribution in [3.63, 3.8) is 0 Å². The van der Waals surface area contributed by atoms with Crippen molar-refractivity contribution < 1.29 is 13.2 Å². The van der Waals surface area contributed by atoms with Crippen molar-refractivity contribution in [1.29, 1.82) is 0 Å². The van der Waals surface area contributed by atoms with Gasteiger partial charge in [-0.1, -0.05) is 26.8 Å². The lowest BCUT2D eigenvalue weighted by molar-refractivity contribution is 0.0912. The summed E-state index contributed by atoms with van der Waals surface area (Å²) in [5.74, 6) is -0.198. The van der Waals surface area contributed by atoms with Gasteiger partial charge in [0.05, 0.1) is 4.90 Å². The van der Waals surface area contributed by atoms with Crippen LogP contribution < -0.4 is 5.32 Å². The molecule has 146 valence electrons. The minimum absolute atomic E-state index is 0.148. The van der Waals surface area contributed by atoms with Crippen molar-refractivity contribution in [3.05, 3.63) is 29.3 Å². The molecule has 1 aliphatic rings. The molecule has 1 amide bonds. The van der Waals surface area contributed by atoms with Gasteiger partial charge in [-0.25, -0.2) is 8.42 Å². The molecule has 1 N–H and O–H groups in total. The normalized spacial score (nSPS) is 16.8. The summed E-state index contributed by atoms with van der Waals surface area (Å²) in [6.45, 7) is 11.3. The maximum Gasteiger partial charge on any atom is 0.251 e. The molecule has 1 aliphatic heterocycles. The Morgan fingerprint density at radius 2 is 1.81 bits per heavy atom. The molecule has 7 heteroatoms. The number of likely N-dealkylation sites (tertiary alicyclic amines) is 1. The van der Waals surface area contributed by atoms with Gasteiger partial charge in [-0.15, -0.1) is 0 Å². The standard InChI is InChI=1S/C19H31N3O3S/c1-5-21-12-10-17(11-13-21)20-19(23)16-9-8-15(4)18(14-16)26(24,25)22(6-2)7-3/h8-9,14,17H,5-7,10-13H2,1-4H3,(H,20,23). The maximum atomic E-state index is 12.8. The summed E-state index contributed by atoms with van der Waals surface area (Å²) in [5.41, 5.74) is 1.06. The quantitative estimate of drug-likeness (QED) is 0.786. The zero-order valence-corrected chi connectivity index (χ0v) is 17.1. The Hall–Kier alpha value is -1.44. The number of nitrogens with zero attached hydrogens (tertiary/aromatic N) is 2. The first kappa shape index (κ1) is 20.9. The summed E-state index contributed by atoms with van der Waals surface area (Å²) >= 11 is 0. The number of benzene rings is 1. The molecule has 0 spiro atoms. The smallest absolute Gasteiger partial charge is 0.251 e. The van der Waals surface area contributed by atoms with Gasteiger partial charge in [0.2, 0.25) is 10.0 Å². The maximum absolute atomic E-state index is 12.8. The summed E-state index contributed by atoms with van der Waals surface area (Å²) in [6.07, 6.45) is 1.85. The van der Waals surface area contributed by atoms with Gasteiger partial charge >= 0.3 is 0 Å². The Morgan fingerprint density at radius 3 is 2.35 bits per heavy atom. The first-order valence-electron chi connectivity index (χ1n) is 9.47. The van der Waals surface area contributed by atoms with Crippen LogP contribution in [0.5, 0.6) is 0 Å². The van der Waals surface area contributed by atoms with Crippen molar-refractivity contribution >= 4 is 15.9 Å². The van der Waals surface area contributed by atoms with E-state index < -0.39 is 10.0 Å².